The first-order chi connectivity index (χ1) is 9.70. The Morgan fingerprint density at radius 2 is 1.90 bits per heavy atom. The van der Waals surface area contributed by atoms with Gasteiger partial charge < -0.3 is 10.2 Å². The Labute approximate surface area is 121 Å². The molecule has 0 spiro atoms. The van der Waals surface area contributed by atoms with Gasteiger partial charge in [-0.05, 0) is 24.5 Å². The molecule has 1 aromatic carbocycles. The molecule has 0 saturated carbocycles. The van der Waals surface area contributed by atoms with Gasteiger partial charge in [-0.3, -0.25) is 4.98 Å². The summed E-state index contributed by atoms with van der Waals surface area (Å²) in [6.07, 6.45) is 5.84. The molecule has 0 aliphatic rings. The second-order valence-electron chi connectivity index (χ2n) is 5.23. The van der Waals surface area contributed by atoms with E-state index in [9.17, 15) is 0 Å². The molecular weight excluding hydrogens is 246 g/mol. The Kier molecular flexibility index (Phi) is 4.99. The molecule has 1 aromatic heterocycles. The Balaban J connectivity index is 2.11. The molecule has 0 amide bonds. The number of nitrogens with zero attached hydrogens (tertiary/aromatic N) is 2. The molecule has 1 unspecified atom stereocenters. The molecule has 1 atom stereocenters. The molecule has 0 fully saturated rings. The van der Waals surface area contributed by atoms with Crippen molar-refractivity contribution in [2.24, 2.45) is 0 Å². The molecule has 3 heteroatoms. The SMILES string of the molecule is CCC(Cc1ccccc1)Nc1cnccc1N(C)C. The monoisotopic (exact) mass is 269 g/mol. The minimum atomic E-state index is 0.417. The van der Waals surface area contributed by atoms with E-state index in [1.54, 1.807) is 0 Å². The lowest BCUT2D eigenvalue weighted by Crippen LogP contribution is -2.23. The average molecular weight is 269 g/mol. The van der Waals surface area contributed by atoms with E-state index >= 15 is 0 Å². The van der Waals surface area contributed by atoms with Crippen molar-refractivity contribution in [1.29, 1.82) is 0 Å². The van der Waals surface area contributed by atoms with Gasteiger partial charge in [-0.25, -0.2) is 0 Å². The van der Waals surface area contributed by atoms with Crippen LogP contribution in [0.5, 0.6) is 0 Å². The predicted molar refractivity (Wildman–Crippen MR) is 86.4 cm³/mol. The van der Waals surface area contributed by atoms with E-state index in [1.807, 2.05) is 18.5 Å². The van der Waals surface area contributed by atoms with Gasteiger partial charge in [-0.1, -0.05) is 37.3 Å². The molecule has 0 aliphatic heterocycles. The van der Waals surface area contributed by atoms with Crippen molar-refractivity contribution in [3.05, 3.63) is 54.4 Å². The Bertz CT molecular complexity index is 523. The van der Waals surface area contributed by atoms with E-state index in [2.05, 4.69) is 66.6 Å². The zero-order valence-electron chi connectivity index (χ0n) is 12.5. The van der Waals surface area contributed by atoms with Gasteiger partial charge in [0.1, 0.15) is 0 Å². The van der Waals surface area contributed by atoms with E-state index < -0.39 is 0 Å². The summed E-state index contributed by atoms with van der Waals surface area (Å²) in [5.74, 6) is 0. The number of aromatic nitrogens is 1. The second kappa shape index (κ2) is 6.94. The highest BCUT2D eigenvalue weighted by Crippen LogP contribution is 2.24. The van der Waals surface area contributed by atoms with Crippen molar-refractivity contribution in [3.8, 4) is 0 Å². The molecule has 0 saturated heterocycles. The number of nitrogens with one attached hydrogen (secondary N) is 1. The molecule has 0 radical (unpaired) electrons. The fraction of sp³-hybridized carbons (Fsp3) is 0.353. The fourth-order valence-corrected chi connectivity index (χ4v) is 2.30. The van der Waals surface area contributed by atoms with Crippen LogP contribution in [-0.2, 0) is 6.42 Å². The molecule has 2 rings (SSSR count). The van der Waals surface area contributed by atoms with Crippen LogP contribution in [0.15, 0.2) is 48.8 Å². The Hall–Kier alpha value is -2.03. The van der Waals surface area contributed by atoms with Gasteiger partial charge in [-0.15, -0.1) is 0 Å². The summed E-state index contributed by atoms with van der Waals surface area (Å²) in [5, 5.41) is 3.62. The van der Waals surface area contributed by atoms with E-state index in [0.717, 1.165) is 18.5 Å². The maximum absolute atomic E-state index is 4.23. The van der Waals surface area contributed by atoms with Gasteiger partial charge >= 0.3 is 0 Å². The lowest BCUT2D eigenvalue weighted by atomic mass is 10.0. The zero-order valence-corrected chi connectivity index (χ0v) is 12.5. The third-order valence-electron chi connectivity index (χ3n) is 3.46. The second-order valence-corrected chi connectivity index (χ2v) is 5.23. The highest BCUT2D eigenvalue weighted by molar-refractivity contribution is 5.68. The van der Waals surface area contributed by atoms with Crippen molar-refractivity contribution < 1.29 is 0 Å². The number of benzene rings is 1. The van der Waals surface area contributed by atoms with Gasteiger partial charge in [0.05, 0.1) is 17.6 Å². The normalized spacial score (nSPS) is 11.9. The Morgan fingerprint density at radius 3 is 2.55 bits per heavy atom. The average Bonchev–Trinajstić information content (AvgIpc) is 2.48. The third kappa shape index (κ3) is 3.73. The summed E-state index contributed by atoms with van der Waals surface area (Å²) in [6.45, 7) is 2.21. The first-order valence-electron chi connectivity index (χ1n) is 7.12. The van der Waals surface area contributed by atoms with Gasteiger partial charge in [0.2, 0.25) is 0 Å². The zero-order chi connectivity index (χ0) is 14.4. The van der Waals surface area contributed by atoms with Gasteiger partial charge in [0, 0.05) is 26.3 Å². The lowest BCUT2D eigenvalue weighted by molar-refractivity contribution is 0.690. The summed E-state index contributed by atoms with van der Waals surface area (Å²) in [6, 6.07) is 13.1. The maximum atomic E-state index is 4.23. The van der Waals surface area contributed by atoms with Crippen molar-refractivity contribution in [3.63, 3.8) is 0 Å². The third-order valence-corrected chi connectivity index (χ3v) is 3.46. The number of rotatable bonds is 6. The number of pyridine rings is 1. The first kappa shape index (κ1) is 14.4. The number of hydrogen-bond acceptors (Lipinski definition) is 3. The Morgan fingerprint density at radius 1 is 1.15 bits per heavy atom. The molecule has 1 N–H and O–H groups in total. The van der Waals surface area contributed by atoms with Crippen LogP contribution in [0.3, 0.4) is 0 Å². The van der Waals surface area contributed by atoms with Crippen LogP contribution in [0.1, 0.15) is 18.9 Å². The molecule has 3 nitrogen and oxygen atoms in total. The molecule has 20 heavy (non-hydrogen) atoms. The summed E-state index contributed by atoms with van der Waals surface area (Å²) >= 11 is 0. The van der Waals surface area contributed by atoms with Gasteiger partial charge in [0.25, 0.3) is 0 Å². The van der Waals surface area contributed by atoms with E-state index in [4.69, 9.17) is 0 Å². The highest BCUT2D eigenvalue weighted by atomic mass is 15.1. The maximum Gasteiger partial charge on any atom is 0.0766 e. The van der Waals surface area contributed by atoms with Crippen LogP contribution >= 0.6 is 0 Å². The largest absolute Gasteiger partial charge is 0.379 e. The molecule has 2 aromatic rings. The van der Waals surface area contributed by atoms with E-state index in [0.29, 0.717) is 6.04 Å². The lowest BCUT2D eigenvalue weighted by Gasteiger charge is -2.23. The number of hydrogen-bond donors (Lipinski definition) is 1. The van der Waals surface area contributed by atoms with Crippen molar-refractivity contribution in [2.75, 3.05) is 24.3 Å². The summed E-state index contributed by atoms with van der Waals surface area (Å²) in [5.41, 5.74) is 3.63. The summed E-state index contributed by atoms with van der Waals surface area (Å²) in [7, 11) is 4.11. The van der Waals surface area contributed by atoms with Gasteiger partial charge in [0.15, 0.2) is 0 Å². The molecule has 106 valence electrons. The fourth-order valence-electron chi connectivity index (χ4n) is 2.30. The summed E-state index contributed by atoms with van der Waals surface area (Å²) in [4.78, 5) is 6.34. The van der Waals surface area contributed by atoms with Crippen LogP contribution < -0.4 is 10.2 Å². The quantitative estimate of drug-likeness (QED) is 0.868. The topological polar surface area (TPSA) is 28.2 Å². The standard InChI is InChI=1S/C17H23N3/c1-4-15(12-14-8-6-5-7-9-14)19-16-13-18-11-10-17(16)20(2)3/h5-11,13,15,19H,4,12H2,1-3H3. The predicted octanol–water partition coefficient (Wildman–Crippen LogP) is 3.58. The molecular formula is C17H23N3. The molecule has 0 aliphatic carbocycles. The summed E-state index contributed by atoms with van der Waals surface area (Å²) < 4.78 is 0. The molecule has 0 bridgehead atoms. The van der Waals surface area contributed by atoms with Crippen LogP contribution in [0, 0.1) is 0 Å². The van der Waals surface area contributed by atoms with Crippen molar-refractivity contribution in [2.45, 2.75) is 25.8 Å². The first-order valence-corrected chi connectivity index (χ1v) is 7.12. The van der Waals surface area contributed by atoms with Crippen molar-refractivity contribution in [1.82, 2.24) is 4.98 Å². The van der Waals surface area contributed by atoms with Crippen LogP contribution in [0.4, 0.5) is 11.4 Å². The van der Waals surface area contributed by atoms with Crippen LogP contribution in [0.25, 0.3) is 0 Å². The van der Waals surface area contributed by atoms with E-state index in [1.165, 1.54) is 11.3 Å². The molecule has 1 heterocycles. The van der Waals surface area contributed by atoms with Gasteiger partial charge in [-0.2, -0.15) is 0 Å². The van der Waals surface area contributed by atoms with Crippen LogP contribution in [0.2, 0.25) is 0 Å². The smallest absolute Gasteiger partial charge is 0.0766 e. The van der Waals surface area contributed by atoms with Crippen LogP contribution in [-0.4, -0.2) is 25.1 Å². The highest BCUT2D eigenvalue weighted by Gasteiger charge is 2.11. The minimum absolute atomic E-state index is 0.417. The minimum Gasteiger partial charge on any atom is -0.379 e. The number of anilines is 2. The van der Waals surface area contributed by atoms with E-state index in [-0.39, 0.29) is 0 Å². The van der Waals surface area contributed by atoms with Crippen molar-refractivity contribution >= 4 is 11.4 Å².